The van der Waals surface area contributed by atoms with E-state index in [-0.39, 0.29) is 0 Å². The second kappa shape index (κ2) is 4.81. The number of piperazine rings is 1. The molecule has 0 saturated carbocycles. The number of nitrogens with zero attached hydrogens (tertiary/aromatic N) is 4. The van der Waals surface area contributed by atoms with Crippen molar-refractivity contribution in [3.63, 3.8) is 0 Å². The highest BCUT2D eigenvalue weighted by molar-refractivity contribution is 5.48. The molecule has 1 saturated heterocycles. The average molecular weight is 217 g/mol. The molecule has 0 amide bonds. The van der Waals surface area contributed by atoms with E-state index in [0.717, 1.165) is 31.9 Å². The van der Waals surface area contributed by atoms with E-state index in [1.54, 1.807) is 6.20 Å². The van der Waals surface area contributed by atoms with Gasteiger partial charge < -0.3 is 10.6 Å². The molecule has 1 fully saturated rings. The molecule has 2 N–H and O–H groups in total. The fraction of sp³-hybridized carbons (Fsp3) is 0.455. The first kappa shape index (κ1) is 10.7. The van der Waals surface area contributed by atoms with Gasteiger partial charge in [0.1, 0.15) is 5.82 Å². The Morgan fingerprint density at radius 2 is 2.06 bits per heavy atom. The van der Waals surface area contributed by atoms with E-state index in [0.29, 0.717) is 12.4 Å². The number of hydrogen-bond acceptors (Lipinski definition) is 5. The third kappa shape index (κ3) is 2.41. The van der Waals surface area contributed by atoms with Gasteiger partial charge in [-0.15, -0.1) is 0 Å². The molecule has 0 atom stereocenters. The van der Waals surface area contributed by atoms with Crippen molar-refractivity contribution in [1.82, 2.24) is 9.88 Å². The Kier molecular flexibility index (Phi) is 3.22. The molecule has 84 valence electrons. The van der Waals surface area contributed by atoms with Crippen LogP contribution in [-0.2, 0) is 0 Å². The Balaban J connectivity index is 1.94. The number of aromatic nitrogens is 1. The van der Waals surface area contributed by atoms with Gasteiger partial charge in [-0.3, -0.25) is 4.90 Å². The first-order valence-electron chi connectivity index (χ1n) is 5.35. The molecule has 1 aromatic heterocycles. The Hall–Kier alpha value is -1.80. The minimum Gasteiger partial charge on any atom is -0.384 e. The SMILES string of the molecule is N#CCN1CCN(c2ccc(N)nc2)CC1. The summed E-state index contributed by atoms with van der Waals surface area (Å²) in [5.41, 5.74) is 6.65. The summed E-state index contributed by atoms with van der Waals surface area (Å²) in [6.45, 7) is 4.25. The maximum Gasteiger partial charge on any atom is 0.123 e. The van der Waals surface area contributed by atoms with E-state index in [1.165, 1.54) is 0 Å². The lowest BCUT2D eigenvalue weighted by Gasteiger charge is -2.34. The second-order valence-corrected chi connectivity index (χ2v) is 3.86. The van der Waals surface area contributed by atoms with E-state index >= 15 is 0 Å². The lowest BCUT2D eigenvalue weighted by atomic mass is 10.2. The van der Waals surface area contributed by atoms with Crippen LogP contribution in [0, 0.1) is 11.3 Å². The summed E-state index contributed by atoms with van der Waals surface area (Å²) in [6.07, 6.45) is 1.80. The van der Waals surface area contributed by atoms with E-state index in [2.05, 4.69) is 20.9 Å². The molecule has 5 nitrogen and oxygen atoms in total. The summed E-state index contributed by atoms with van der Waals surface area (Å²) in [6, 6.07) is 5.98. The van der Waals surface area contributed by atoms with Crippen LogP contribution in [0.2, 0.25) is 0 Å². The molecule has 1 aliphatic heterocycles. The van der Waals surface area contributed by atoms with Crippen LogP contribution < -0.4 is 10.6 Å². The molecule has 0 spiro atoms. The van der Waals surface area contributed by atoms with Gasteiger partial charge in [0.2, 0.25) is 0 Å². The van der Waals surface area contributed by atoms with Gasteiger partial charge in [-0.05, 0) is 12.1 Å². The summed E-state index contributed by atoms with van der Waals surface area (Å²) < 4.78 is 0. The molecule has 0 aliphatic carbocycles. The molecule has 5 heteroatoms. The highest BCUT2D eigenvalue weighted by atomic mass is 15.3. The monoisotopic (exact) mass is 217 g/mol. The van der Waals surface area contributed by atoms with Crippen LogP contribution in [-0.4, -0.2) is 42.6 Å². The second-order valence-electron chi connectivity index (χ2n) is 3.86. The van der Waals surface area contributed by atoms with Gasteiger partial charge in [0.25, 0.3) is 0 Å². The first-order valence-corrected chi connectivity index (χ1v) is 5.35. The van der Waals surface area contributed by atoms with Crippen LogP contribution in [0.3, 0.4) is 0 Å². The zero-order chi connectivity index (χ0) is 11.4. The fourth-order valence-electron chi connectivity index (χ4n) is 1.85. The zero-order valence-corrected chi connectivity index (χ0v) is 9.13. The van der Waals surface area contributed by atoms with Crippen molar-refractivity contribution < 1.29 is 0 Å². The number of rotatable bonds is 2. The number of nitrogens with two attached hydrogens (primary N) is 1. The lowest BCUT2D eigenvalue weighted by molar-refractivity contribution is 0.287. The van der Waals surface area contributed by atoms with Crippen LogP contribution in [0.5, 0.6) is 0 Å². The van der Waals surface area contributed by atoms with Crippen LogP contribution >= 0.6 is 0 Å². The van der Waals surface area contributed by atoms with Crippen molar-refractivity contribution in [2.45, 2.75) is 0 Å². The Morgan fingerprint density at radius 3 is 2.62 bits per heavy atom. The number of nitriles is 1. The lowest BCUT2D eigenvalue weighted by Crippen LogP contribution is -2.46. The van der Waals surface area contributed by atoms with Gasteiger partial charge in [-0.1, -0.05) is 0 Å². The Bertz CT molecular complexity index is 372. The highest BCUT2D eigenvalue weighted by Gasteiger charge is 2.16. The van der Waals surface area contributed by atoms with Crippen LogP contribution in [0.4, 0.5) is 11.5 Å². The quantitative estimate of drug-likeness (QED) is 0.722. The van der Waals surface area contributed by atoms with Gasteiger partial charge in [0, 0.05) is 26.2 Å². The molecule has 0 bridgehead atoms. The normalized spacial score (nSPS) is 17.1. The molecule has 2 rings (SSSR count). The van der Waals surface area contributed by atoms with Gasteiger partial charge in [0.15, 0.2) is 0 Å². The Labute approximate surface area is 95.1 Å². The van der Waals surface area contributed by atoms with Gasteiger partial charge in [0.05, 0.1) is 24.5 Å². The predicted octanol–water partition coefficient (Wildman–Crippen LogP) is 0.309. The standard InChI is InChI=1S/C11H15N5/c12-3-4-15-5-7-16(8-6-15)10-1-2-11(13)14-9-10/h1-2,9H,4-8H2,(H2,13,14). The van der Waals surface area contributed by atoms with Crippen LogP contribution in [0.25, 0.3) is 0 Å². The molecular formula is C11H15N5. The average Bonchev–Trinajstić information content (AvgIpc) is 2.32. The van der Waals surface area contributed by atoms with E-state index in [9.17, 15) is 0 Å². The van der Waals surface area contributed by atoms with Crippen LogP contribution in [0.1, 0.15) is 0 Å². The highest BCUT2D eigenvalue weighted by Crippen LogP contribution is 2.15. The van der Waals surface area contributed by atoms with Crippen molar-refractivity contribution in [3.05, 3.63) is 18.3 Å². The van der Waals surface area contributed by atoms with E-state index < -0.39 is 0 Å². The zero-order valence-electron chi connectivity index (χ0n) is 9.13. The third-order valence-corrected chi connectivity index (χ3v) is 2.80. The third-order valence-electron chi connectivity index (χ3n) is 2.80. The van der Waals surface area contributed by atoms with Gasteiger partial charge in [-0.25, -0.2) is 4.98 Å². The molecule has 0 aromatic carbocycles. The van der Waals surface area contributed by atoms with Crippen molar-refractivity contribution >= 4 is 11.5 Å². The molecule has 16 heavy (non-hydrogen) atoms. The molecule has 2 heterocycles. The smallest absolute Gasteiger partial charge is 0.123 e. The summed E-state index contributed by atoms with van der Waals surface area (Å²) in [5.74, 6) is 0.548. The van der Waals surface area contributed by atoms with Crippen LogP contribution in [0.15, 0.2) is 18.3 Å². The van der Waals surface area contributed by atoms with Crippen molar-refractivity contribution in [2.75, 3.05) is 43.4 Å². The molecule has 0 unspecified atom stereocenters. The minimum atomic E-state index is 0.522. The summed E-state index contributed by atoms with van der Waals surface area (Å²) in [4.78, 5) is 8.50. The Morgan fingerprint density at radius 1 is 1.31 bits per heavy atom. The number of anilines is 2. The summed E-state index contributed by atoms with van der Waals surface area (Å²) >= 11 is 0. The molecule has 0 radical (unpaired) electrons. The minimum absolute atomic E-state index is 0.522. The molecule has 1 aliphatic rings. The number of hydrogen-bond donors (Lipinski definition) is 1. The number of nitrogen functional groups attached to an aromatic ring is 1. The maximum atomic E-state index is 8.60. The van der Waals surface area contributed by atoms with E-state index in [4.69, 9.17) is 11.0 Å². The molecule has 1 aromatic rings. The molecular weight excluding hydrogens is 202 g/mol. The van der Waals surface area contributed by atoms with E-state index in [1.807, 2.05) is 12.1 Å². The fourth-order valence-corrected chi connectivity index (χ4v) is 1.85. The van der Waals surface area contributed by atoms with Crippen molar-refractivity contribution in [3.8, 4) is 6.07 Å². The predicted molar refractivity (Wildman–Crippen MR) is 62.9 cm³/mol. The van der Waals surface area contributed by atoms with Gasteiger partial charge in [-0.2, -0.15) is 5.26 Å². The summed E-state index contributed by atoms with van der Waals surface area (Å²) in [5, 5.41) is 8.60. The van der Waals surface area contributed by atoms with Crippen molar-refractivity contribution in [2.24, 2.45) is 0 Å². The maximum absolute atomic E-state index is 8.60. The first-order chi connectivity index (χ1) is 7.79. The topological polar surface area (TPSA) is 69.2 Å². The largest absolute Gasteiger partial charge is 0.384 e. The van der Waals surface area contributed by atoms with Gasteiger partial charge >= 0.3 is 0 Å². The van der Waals surface area contributed by atoms with Crippen molar-refractivity contribution in [1.29, 1.82) is 5.26 Å². The number of pyridine rings is 1. The summed E-state index contributed by atoms with van der Waals surface area (Å²) in [7, 11) is 0.